The Labute approximate surface area is 155 Å². The maximum absolute atomic E-state index is 14.3. The van der Waals surface area contributed by atoms with E-state index < -0.39 is 35.6 Å². The molecule has 0 saturated heterocycles. The molecule has 11 heteroatoms. The highest BCUT2D eigenvalue weighted by atomic mass is 19.3. The van der Waals surface area contributed by atoms with Gasteiger partial charge in [0.15, 0.2) is 0 Å². The zero-order valence-corrected chi connectivity index (χ0v) is 14.1. The molecule has 0 amide bonds. The van der Waals surface area contributed by atoms with Gasteiger partial charge < -0.3 is 14.8 Å². The number of nitrogens with one attached hydrogen (secondary N) is 1. The number of anilines is 1. The van der Waals surface area contributed by atoms with E-state index in [2.05, 4.69) is 25.5 Å². The molecule has 0 bridgehead atoms. The molecule has 2 heterocycles. The topological polar surface area (TPSA) is 97.0 Å². The predicted octanol–water partition coefficient (Wildman–Crippen LogP) is 3.20. The van der Waals surface area contributed by atoms with Gasteiger partial charge in [0.25, 0.3) is 11.8 Å². The van der Waals surface area contributed by atoms with E-state index >= 15 is 0 Å². The minimum Gasteiger partial charge on any atom is -0.415 e. The molecular formula is C17H13F4N5O2. The number of hydrogen-bond donors (Lipinski definition) is 2. The maximum atomic E-state index is 14.3. The van der Waals surface area contributed by atoms with Crippen LogP contribution in [0.15, 0.2) is 35.0 Å². The molecule has 0 radical (unpaired) electrons. The van der Waals surface area contributed by atoms with Gasteiger partial charge in [0, 0.05) is 30.8 Å². The van der Waals surface area contributed by atoms with Crippen molar-refractivity contribution in [3.8, 4) is 11.5 Å². The lowest BCUT2D eigenvalue weighted by atomic mass is 9.69. The average molecular weight is 395 g/mol. The van der Waals surface area contributed by atoms with Gasteiger partial charge in [0.1, 0.15) is 11.6 Å². The van der Waals surface area contributed by atoms with Crippen molar-refractivity contribution in [3.05, 3.63) is 53.7 Å². The van der Waals surface area contributed by atoms with E-state index in [9.17, 15) is 22.7 Å². The quantitative estimate of drug-likeness (QED) is 0.641. The summed E-state index contributed by atoms with van der Waals surface area (Å²) in [6.45, 7) is 0. The van der Waals surface area contributed by atoms with Crippen molar-refractivity contribution < 1.29 is 27.1 Å². The van der Waals surface area contributed by atoms with Gasteiger partial charge in [-0.2, -0.15) is 8.78 Å². The van der Waals surface area contributed by atoms with Crippen LogP contribution in [0.3, 0.4) is 0 Å². The molecular weight excluding hydrogens is 382 g/mol. The largest absolute Gasteiger partial charge is 0.415 e. The smallest absolute Gasteiger partial charge is 0.314 e. The summed E-state index contributed by atoms with van der Waals surface area (Å²) in [5, 5.41) is 19.3. The molecule has 0 atom stereocenters. The number of rotatable bonds is 5. The second kappa shape index (κ2) is 6.82. The first-order valence-corrected chi connectivity index (χ1v) is 8.23. The molecule has 0 unspecified atom stereocenters. The van der Waals surface area contributed by atoms with Gasteiger partial charge in [-0.1, -0.05) is 6.07 Å². The van der Waals surface area contributed by atoms with Crippen LogP contribution in [0.25, 0.3) is 11.5 Å². The Balaban J connectivity index is 1.60. The molecule has 0 spiro atoms. The van der Waals surface area contributed by atoms with Crippen molar-refractivity contribution in [1.29, 1.82) is 0 Å². The maximum Gasteiger partial charge on any atom is 0.314 e. The number of halogens is 4. The van der Waals surface area contributed by atoms with Crippen LogP contribution in [-0.2, 0) is 5.54 Å². The fourth-order valence-electron chi connectivity index (χ4n) is 3.22. The standard InChI is InChI=1S/C17H13F4N5O2/c18-10-2-1-3-11(19)12(10)17(4-9(27)5-17)24-16-22-6-8(7-23-16)14-25-26-15(28-14)13(20)21/h1-3,6-7,9,13,27H,4-5H2,(H,22,23,24). The van der Waals surface area contributed by atoms with Gasteiger partial charge >= 0.3 is 6.43 Å². The molecule has 2 aromatic heterocycles. The van der Waals surface area contributed by atoms with Crippen LogP contribution in [0, 0.1) is 11.6 Å². The van der Waals surface area contributed by atoms with Crippen LogP contribution in [0.1, 0.15) is 30.7 Å². The number of benzene rings is 1. The Bertz CT molecular complexity index is 969. The summed E-state index contributed by atoms with van der Waals surface area (Å²) in [5.74, 6) is -2.47. The Hall–Kier alpha value is -3.08. The Kier molecular flexibility index (Phi) is 4.46. The first-order chi connectivity index (χ1) is 13.4. The van der Waals surface area contributed by atoms with Crippen molar-refractivity contribution in [2.24, 2.45) is 0 Å². The van der Waals surface area contributed by atoms with Crippen LogP contribution < -0.4 is 5.32 Å². The minimum atomic E-state index is -2.90. The molecule has 1 aromatic carbocycles. The molecule has 28 heavy (non-hydrogen) atoms. The molecule has 2 N–H and O–H groups in total. The van der Waals surface area contributed by atoms with Crippen molar-refractivity contribution in [3.63, 3.8) is 0 Å². The third kappa shape index (κ3) is 3.17. The fourth-order valence-corrected chi connectivity index (χ4v) is 3.22. The summed E-state index contributed by atoms with van der Waals surface area (Å²) in [6.07, 6.45) is -0.994. The summed E-state index contributed by atoms with van der Waals surface area (Å²) in [4.78, 5) is 8.04. The van der Waals surface area contributed by atoms with E-state index in [1.807, 2.05) is 0 Å². The molecule has 146 valence electrons. The molecule has 7 nitrogen and oxygen atoms in total. The van der Waals surface area contributed by atoms with E-state index in [1.54, 1.807) is 0 Å². The molecule has 4 rings (SSSR count). The number of alkyl halides is 2. The van der Waals surface area contributed by atoms with Gasteiger partial charge in [-0.25, -0.2) is 18.7 Å². The van der Waals surface area contributed by atoms with E-state index in [1.165, 1.54) is 18.5 Å². The number of hydrogen-bond acceptors (Lipinski definition) is 7. The van der Waals surface area contributed by atoms with Crippen LogP contribution in [0.4, 0.5) is 23.5 Å². The van der Waals surface area contributed by atoms with Gasteiger partial charge in [-0.3, -0.25) is 0 Å². The first-order valence-electron chi connectivity index (χ1n) is 8.23. The lowest BCUT2D eigenvalue weighted by Crippen LogP contribution is -2.51. The number of nitrogens with zero attached hydrogens (tertiary/aromatic N) is 4. The second-order valence-corrected chi connectivity index (χ2v) is 6.41. The summed E-state index contributed by atoms with van der Waals surface area (Å²) in [6, 6.07) is 3.51. The van der Waals surface area contributed by atoms with Crippen molar-refractivity contribution in [2.75, 3.05) is 5.32 Å². The average Bonchev–Trinajstić information content (AvgIpc) is 3.11. The van der Waals surface area contributed by atoms with Crippen molar-refractivity contribution >= 4 is 5.95 Å². The van der Waals surface area contributed by atoms with Crippen molar-refractivity contribution in [1.82, 2.24) is 20.2 Å². The molecule has 1 fully saturated rings. The first kappa shape index (κ1) is 18.3. The monoisotopic (exact) mass is 395 g/mol. The Morgan fingerprint density at radius 2 is 1.75 bits per heavy atom. The SMILES string of the molecule is OC1CC(Nc2ncc(-c3nnc(C(F)F)o3)cn2)(c2c(F)cccc2F)C1. The van der Waals surface area contributed by atoms with Gasteiger partial charge in [0.2, 0.25) is 5.95 Å². The number of aliphatic hydroxyl groups is 1. The normalized spacial score (nSPS) is 21.6. The summed E-state index contributed by atoms with van der Waals surface area (Å²) in [5.41, 5.74) is -1.21. The Morgan fingerprint density at radius 3 is 2.29 bits per heavy atom. The lowest BCUT2D eigenvalue weighted by molar-refractivity contribution is 0.0282. The molecule has 0 aliphatic heterocycles. The van der Waals surface area contributed by atoms with E-state index in [0.717, 1.165) is 12.1 Å². The summed E-state index contributed by atoms with van der Waals surface area (Å²) < 4.78 is 58.4. The van der Waals surface area contributed by atoms with Crippen LogP contribution in [0.2, 0.25) is 0 Å². The fraction of sp³-hybridized carbons (Fsp3) is 0.294. The minimum absolute atomic E-state index is 0.0342. The van der Waals surface area contributed by atoms with E-state index in [4.69, 9.17) is 4.42 Å². The molecule has 1 aliphatic rings. The van der Waals surface area contributed by atoms with E-state index in [0.29, 0.717) is 0 Å². The predicted molar refractivity (Wildman–Crippen MR) is 87.2 cm³/mol. The molecule has 3 aromatic rings. The van der Waals surface area contributed by atoms with Gasteiger partial charge in [-0.05, 0) is 12.1 Å². The Morgan fingerprint density at radius 1 is 1.11 bits per heavy atom. The molecule has 1 saturated carbocycles. The summed E-state index contributed by atoms with van der Waals surface area (Å²) >= 11 is 0. The van der Waals surface area contributed by atoms with Gasteiger partial charge in [0.05, 0.1) is 17.2 Å². The van der Waals surface area contributed by atoms with E-state index in [-0.39, 0.29) is 35.8 Å². The van der Waals surface area contributed by atoms with Crippen molar-refractivity contribution in [2.45, 2.75) is 30.9 Å². The van der Waals surface area contributed by atoms with Crippen LogP contribution in [-0.4, -0.2) is 31.4 Å². The zero-order valence-electron chi connectivity index (χ0n) is 14.1. The van der Waals surface area contributed by atoms with Crippen LogP contribution in [0.5, 0.6) is 0 Å². The highest BCUT2D eigenvalue weighted by molar-refractivity contribution is 5.51. The third-order valence-electron chi connectivity index (χ3n) is 4.49. The lowest BCUT2D eigenvalue weighted by Gasteiger charge is -2.46. The number of aromatic nitrogens is 4. The highest BCUT2D eigenvalue weighted by Gasteiger charge is 2.48. The summed E-state index contributed by atoms with van der Waals surface area (Å²) in [7, 11) is 0. The van der Waals surface area contributed by atoms with Gasteiger partial charge in [-0.15, -0.1) is 10.2 Å². The zero-order chi connectivity index (χ0) is 19.9. The number of aliphatic hydroxyl groups excluding tert-OH is 1. The highest BCUT2D eigenvalue weighted by Crippen LogP contribution is 2.45. The third-order valence-corrected chi connectivity index (χ3v) is 4.49. The molecule has 1 aliphatic carbocycles. The second-order valence-electron chi connectivity index (χ2n) is 6.41. The van der Waals surface area contributed by atoms with Crippen LogP contribution >= 0.6 is 0 Å².